The van der Waals surface area contributed by atoms with E-state index in [0.717, 1.165) is 6.08 Å². The number of hydroxylamine groups is 1. The first-order chi connectivity index (χ1) is 7.11. The van der Waals surface area contributed by atoms with E-state index >= 15 is 0 Å². The van der Waals surface area contributed by atoms with Gasteiger partial charge in [0.05, 0.1) is 4.92 Å². The molecule has 0 aliphatic carbocycles. The Morgan fingerprint density at radius 3 is 2.60 bits per heavy atom. The van der Waals surface area contributed by atoms with Crippen LogP contribution < -0.4 is 5.06 Å². The van der Waals surface area contributed by atoms with Crippen LogP contribution in [0.4, 0.5) is 5.69 Å². The molecule has 1 unspecified atom stereocenters. The Hall–Kier alpha value is -2.05. The Morgan fingerprint density at radius 2 is 1.93 bits per heavy atom. The van der Waals surface area contributed by atoms with Crippen molar-refractivity contribution in [3.8, 4) is 0 Å². The van der Waals surface area contributed by atoms with E-state index in [1.165, 1.54) is 12.1 Å². The number of amides is 1. The van der Waals surface area contributed by atoms with E-state index in [1.54, 1.807) is 12.1 Å². The number of hydrogen-bond donors (Lipinski definition) is 1. The second kappa shape index (κ2) is 3.26. The van der Waals surface area contributed by atoms with E-state index < -0.39 is 15.9 Å². The van der Waals surface area contributed by atoms with Crippen LogP contribution in [0.1, 0.15) is 5.56 Å². The predicted octanol–water partition coefficient (Wildman–Crippen LogP) is -0.141. The molecule has 76 valence electrons. The lowest BCUT2D eigenvalue weighted by Crippen LogP contribution is -3.05. The summed E-state index contributed by atoms with van der Waals surface area (Å²) in [6.07, 6.45) is 0.769. The Morgan fingerprint density at radius 1 is 1.27 bits per heavy atom. The molecule has 1 aromatic rings. The van der Waals surface area contributed by atoms with E-state index in [2.05, 4.69) is 0 Å². The fourth-order valence-electron chi connectivity index (χ4n) is 1.46. The van der Waals surface area contributed by atoms with Crippen LogP contribution in [0.5, 0.6) is 0 Å². The number of nitrogens with zero attached hydrogens (tertiary/aromatic N) is 1. The van der Waals surface area contributed by atoms with Gasteiger partial charge in [-0.15, -0.1) is 0 Å². The summed E-state index contributed by atoms with van der Waals surface area (Å²) in [5, 5.41) is 21.3. The number of benzene rings is 1. The molecule has 1 aliphatic rings. The summed E-state index contributed by atoms with van der Waals surface area (Å²) >= 11 is 0. The molecule has 1 heterocycles. The first-order valence-corrected chi connectivity index (χ1v) is 4.15. The fourth-order valence-corrected chi connectivity index (χ4v) is 1.46. The third-order valence-electron chi connectivity index (χ3n) is 2.14. The number of fused-ring (bicyclic) bond motifs is 1. The molecule has 1 amide bonds. The molecule has 6 nitrogen and oxygen atoms in total. The topological polar surface area (TPSA) is 87.7 Å². The van der Waals surface area contributed by atoms with Gasteiger partial charge in [-0.1, -0.05) is 12.1 Å². The fraction of sp³-hybridized carbons (Fsp3) is 0. The van der Waals surface area contributed by atoms with Gasteiger partial charge in [-0.2, -0.15) is 0 Å². The number of rotatable bonds is 1. The van der Waals surface area contributed by atoms with Gasteiger partial charge in [0.25, 0.3) is 5.70 Å². The van der Waals surface area contributed by atoms with Crippen molar-refractivity contribution in [2.45, 2.75) is 0 Å². The second-order valence-corrected chi connectivity index (χ2v) is 3.03. The molecule has 1 atom stereocenters. The number of nitrogens with one attached hydrogen (secondary N) is 1. The summed E-state index contributed by atoms with van der Waals surface area (Å²) in [4.78, 5) is 21.1. The highest BCUT2D eigenvalue weighted by molar-refractivity contribution is 5.93. The molecule has 1 aromatic carbocycles. The molecule has 0 saturated heterocycles. The summed E-state index contributed by atoms with van der Waals surface area (Å²) in [5.74, 6) is -0.847. The zero-order valence-corrected chi connectivity index (χ0v) is 7.47. The van der Waals surface area contributed by atoms with Crippen LogP contribution in [0.15, 0.2) is 30.3 Å². The van der Waals surface area contributed by atoms with Gasteiger partial charge in [-0.25, -0.2) is 4.79 Å². The van der Waals surface area contributed by atoms with Gasteiger partial charge in [0.2, 0.25) is 0 Å². The molecule has 1 aliphatic heterocycles. The second-order valence-electron chi connectivity index (χ2n) is 3.03. The molecule has 0 aromatic heterocycles. The molecule has 0 spiro atoms. The van der Waals surface area contributed by atoms with Crippen molar-refractivity contribution in [2.24, 2.45) is 0 Å². The van der Waals surface area contributed by atoms with Crippen molar-refractivity contribution in [1.82, 2.24) is 0 Å². The van der Waals surface area contributed by atoms with Crippen molar-refractivity contribution in [3.05, 3.63) is 51.2 Å². The Bertz CT molecular complexity index is 481. The Balaban J connectivity index is 2.66. The van der Waals surface area contributed by atoms with Crippen molar-refractivity contribution in [2.75, 3.05) is 0 Å². The zero-order chi connectivity index (χ0) is 11.0. The highest BCUT2D eigenvalue weighted by atomic mass is 16.6. The molecule has 0 bridgehead atoms. The van der Waals surface area contributed by atoms with Gasteiger partial charge in [0.1, 0.15) is 11.6 Å². The highest BCUT2D eigenvalue weighted by Crippen LogP contribution is 2.23. The minimum atomic E-state index is -0.847. The van der Waals surface area contributed by atoms with Gasteiger partial charge >= 0.3 is 5.91 Å². The summed E-state index contributed by atoms with van der Waals surface area (Å²) in [6, 6.07) is 6.01. The SMILES string of the molecule is O=C1C=C([N+](=O)[O-])c2ccccc2[NH+]1[O-]. The monoisotopic (exact) mass is 206 g/mol. The van der Waals surface area contributed by atoms with E-state index in [9.17, 15) is 20.1 Å². The number of hydrogen-bond acceptors (Lipinski definition) is 4. The minimum Gasteiger partial charge on any atom is -0.621 e. The van der Waals surface area contributed by atoms with Crippen LogP contribution in [0, 0.1) is 15.3 Å². The van der Waals surface area contributed by atoms with Crippen LogP contribution in [0.25, 0.3) is 5.70 Å². The standard InChI is InChI=1S/C9H6N2O4/c12-9-5-8(11(14)15)6-3-1-2-4-7(6)10(9)13/h1-5,10H. The third-order valence-corrected chi connectivity index (χ3v) is 2.14. The minimum absolute atomic E-state index is 0.0942. The van der Waals surface area contributed by atoms with Crippen molar-refractivity contribution < 1.29 is 14.8 Å². The maximum Gasteiger partial charge on any atom is 0.348 e. The van der Waals surface area contributed by atoms with Crippen molar-refractivity contribution in [3.63, 3.8) is 0 Å². The quantitative estimate of drug-likeness (QED) is 0.393. The van der Waals surface area contributed by atoms with E-state index in [-0.39, 0.29) is 16.9 Å². The summed E-state index contributed by atoms with van der Waals surface area (Å²) in [5.41, 5.74) is -0.0287. The first kappa shape index (κ1) is 9.50. The lowest BCUT2D eigenvalue weighted by Gasteiger charge is -2.22. The van der Waals surface area contributed by atoms with Gasteiger partial charge in [0, 0.05) is 6.07 Å². The lowest BCUT2D eigenvalue weighted by atomic mass is 10.1. The van der Waals surface area contributed by atoms with Crippen molar-refractivity contribution in [1.29, 1.82) is 0 Å². The zero-order valence-electron chi connectivity index (χ0n) is 7.47. The molecule has 1 N–H and O–H groups in total. The summed E-state index contributed by atoms with van der Waals surface area (Å²) in [6.45, 7) is 0. The molecule has 0 fully saturated rings. The predicted molar refractivity (Wildman–Crippen MR) is 50.4 cm³/mol. The van der Waals surface area contributed by atoms with E-state index in [4.69, 9.17) is 0 Å². The van der Waals surface area contributed by atoms with Crippen molar-refractivity contribution >= 4 is 17.3 Å². The Labute approximate surface area is 84.2 Å². The number of quaternary nitrogens is 1. The first-order valence-electron chi connectivity index (χ1n) is 4.15. The number of carbonyl (C=O) groups excluding carboxylic acids is 1. The number of para-hydroxylation sites is 1. The van der Waals surface area contributed by atoms with E-state index in [0.29, 0.717) is 0 Å². The average molecular weight is 206 g/mol. The smallest absolute Gasteiger partial charge is 0.348 e. The van der Waals surface area contributed by atoms with Crippen LogP contribution in [-0.2, 0) is 4.79 Å². The molecular formula is C9H6N2O4. The third kappa shape index (κ3) is 1.41. The van der Waals surface area contributed by atoms with Crippen LogP contribution in [0.2, 0.25) is 0 Å². The molecule has 0 radical (unpaired) electrons. The van der Waals surface area contributed by atoms with Gasteiger partial charge in [-0.05, 0) is 6.07 Å². The lowest BCUT2D eigenvalue weighted by molar-refractivity contribution is -0.686. The van der Waals surface area contributed by atoms with E-state index in [1.807, 2.05) is 0 Å². The van der Waals surface area contributed by atoms with Crippen LogP contribution in [0.3, 0.4) is 0 Å². The summed E-state index contributed by atoms with van der Waals surface area (Å²) < 4.78 is 0. The maximum atomic E-state index is 11.4. The number of nitro groups is 1. The van der Waals surface area contributed by atoms with Crippen LogP contribution in [-0.4, -0.2) is 10.8 Å². The summed E-state index contributed by atoms with van der Waals surface area (Å²) in [7, 11) is 0. The molecular weight excluding hydrogens is 200 g/mol. The molecule has 15 heavy (non-hydrogen) atoms. The van der Waals surface area contributed by atoms with Crippen LogP contribution >= 0.6 is 0 Å². The normalized spacial score (nSPS) is 19.4. The Kier molecular flexibility index (Phi) is 2.07. The maximum absolute atomic E-state index is 11.4. The number of carbonyl (C=O) groups is 1. The molecule has 2 rings (SSSR count). The molecule has 0 saturated carbocycles. The van der Waals surface area contributed by atoms with Gasteiger partial charge < -0.3 is 5.21 Å². The highest BCUT2D eigenvalue weighted by Gasteiger charge is 2.31. The molecule has 6 heteroatoms. The van der Waals surface area contributed by atoms with Gasteiger partial charge in [0.15, 0.2) is 5.69 Å². The largest absolute Gasteiger partial charge is 0.621 e. The average Bonchev–Trinajstić information content (AvgIpc) is 2.23. The van der Waals surface area contributed by atoms with Gasteiger partial charge in [-0.3, -0.25) is 15.2 Å².